The van der Waals surface area contributed by atoms with E-state index in [1.807, 2.05) is 0 Å². The third kappa shape index (κ3) is 1.25. The SMILES string of the molecule is [O-]c1c(N(O)O)ccc(O)c1F. The summed E-state index contributed by atoms with van der Waals surface area (Å²) in [6.07, 6.45) is 0. The molecule has 0 atom stereocenters. The van der Waals surface area contributed by atoms with Gasteiger partial charge < -0.3 is 10.2 Å². The summed E-state index contributed by atoms with van der Waals surface area (Å²) in [4.78, 5) is 0. The minimum Gasteiger partial charge on any atom is -0.869 e. The first-order valence-electron chi connectivity index (χ1n) is 2.90. The predicted octanol–water partition coefficient (Wildman–Crippen LogP) is 0.190. The maximum Gasteiger partial charge on any atom is 0.159 e. The lowest BCUT2D eigenvalue weighted by Crippen LogP contribution is -2.14. The molecule has 0 aliphatic heterocycles. The molecule has 0 saturated heterocycles. The number of rotatable bonds is 1. The molecule has 0 amide bonds. The van der Waals surface area contributed by atoms with Gasteiger partial charge in [-0.1, -0.05) is 0 Å². The highest BCUT2D eigenvalue weighted by Gasteiger charge is 2.07. The molecule has 12 heavy (non-hydrogen) atoms. The number of hydrogen-bond acceptors (Lipinski definition) is 5. The summed E-state index contributed by atoms with van der Waals surface area (Å²) in [5, 5.41) is 35.6. The molecule has 0 spiro atoms. The number of halogens is 1. The highest BCUT2D eigenvalue weighted by molar-refractivity contribution is 5.57. The van der Waals surface area contributed by atoms with E-state index in [0.29, 0.717) is 0 Å². The van der Waals surface area contributed by atoms with E-state index in [4.69, 9.17) is 15.5 Å². The Morgan fingerprint density at radius 3 is 2.42 bits per heavy atom. The molecule has 0 bridgehead atoms. The Balaban J connectivity index is 3.27. The van der Waals surface area contributed by atoms with Crippen molar-refractivity contribution in [3.8, 4) is 11.5 Å². The van der Waals surface area contributed by atoms with Crippen molar-refractivity contribution >= 4 is 5.69 Å². The Morgan fingerprint density at radius 1 is 1.33 bits per heavy atom. The fourth-order valence-corrected chi connectivity index (χ4v) is 0.693. The Bertz CT molecular complexity index is 302. The van der Waals surface area contributed by atoms with Crippen LogP contribution in [0.4, 0.5) is 10.1 Å². The van der Waals surface area contributed by atoms with Crippen molar-refractivity contribution in [2.24, 2.45) is 0 Å². The van der Waals surface area contributed by atoms with Crippen LogP contribution < -0.4 is 10.3 Å². The summed E-state index contributed by atoms with van der Waals surface area (Å²) in [7, 11) is 0. The first-order chi connectivity index (χ1) is 5.54. The van der Waals surface area contributed by atoms with Gasteiger partial charge in [-0.05, 0) is 17.9 Å². The summed E-state index contributed by atoms with van der Waals surface area (Å²) < 4.78 is 12.5. The first kappa shape index (κ1) is 8.57. The molecule has 3 N–H and O–H groups in total. The molecule has 0 saturated carbocycles. The monoisotopic (exact) mass is 174 g/mol. The maximum absolute atomic E-state index is 12.5. The average Bonchev–Trinajstić information content (AvgIpc) is 2.00. The molecule has 0 aliphatic carbocycles. The number of anilines is 1. The minimum atomic E-state index is -1.42. The second-order valence-electron chi connectivity index (χ2n) is 2.04. The number of benzene rings is 1. The lowest BCUT2D eigenvalue weighted by atomic mass is 10.2. The van der Waals surface area contributed by atoms with Crippen LogP contribution in [-0.2, 0) is 0 Å². The third-order valence-corrected chi connectivity index (χ3v) is 1.27. The zero-order chi connectivity index (χ0) is 9.30. The minimum absolute atomic E-state index is 0.509. The lowest BCUT2D eigenvalue weighted by molar-refractivity contribution is -0.272. The van der Waals surface area contributed by atoms with Gasteiger partial charge >= 0.3 is 0 Å². The molecule has 5 nitrogen and oxygen atoms in total. The van der Waals surface area contributed by atoms with E-state index < -0.39 is 28.2 Å². The van der Waals surface area contributed by atoms with Crippen LogP contribution in [0.25, 0.3) is 0 Å². The van der Waals surface area contributed by atoms with Crippen molar-refractivity contribution in [2.75, 3.05) is 5.23 Å². The Hall–Kier alpha value is -1.53. The molecule has 1 aromatic carbocycles. The Labute approximate surface area is 66.4 Å². The van der Waals surface area contributed by atoms with Crippen LogP contribution in [0, 0.1) is 5.82 Å². The van der Waals surface area contributed by atoms with Crippen molar-refractivity contribution in [1.82, 2.24) is 0 Å². The molecule has 0 aliphatic rings. The predicted molar refractivity (Wildman–Crippen MR) is 33.6 cm³/mol. The molecular formula is C6H5FNO4-. The zero-order valence-electron chi connectivity index (χ0n) is 5.73. The van der Waals surface area contributed by atoms with Gasteiger partial charge in [0.1, 0.15) is 0 Å². The quantitative estimate of drug-likeness (QED) is 0.529. The summed E-state index contributed by atoms with van der Waals surface area (Å²) in [5.74, 6) is -3.52. The molecule has 0 radical (unpaired) electrons. The highest BCUT2D eigenvalue weighted by Crippen LogP contribution is 2.31. The number of hydrogen-bond donors (Lipinski definition) is 3. The van der Waals surface area contributed by atoms with Crippen molar-refractivity contribution < 1.29 is 25.0 Å². The van der Waals surface area contributed by atoms with Crippen LogP contribution in [0.1, 0.15) is 0 Å². The van der Waals surface area contributed by atoms with E-state index in [1.165, 1.54) is 0 Å². The summed E-state index contributed by atoms with van der Waals surface area (Å²) in [5.41, 5.74) is -0.662. The van der Waals surface area contributed by atoms with E-state index in [1.54, 1.807) is 0 Å². The van der Waals surface area contributed by atoms with Crippen molar-refractivity contribution in [3.63, 3.8) is 0 Å². The zero-order valence-corrected chi connectivity index (χ0v) is 5.73. The van der Waals surface area contributed by atoms with Gasteiger partial charge in [-0.15, -0.1) is 5.23 Å². The van der Waals surface area contributed by atoms with Crippen LogP contribution in [0.2, 0.25) is 0 Å². The van der Waals surface area contributed by atoms with Crippen molar-refractivity contribution in [2.45, 2.75) is 0 Å². The molecule has 0 aromatic heterocycles. The van der Waals surface area contributed by atoms with E-state index in [0.717, 1.165) is 12.1 Å². The van der Waals surface area contributed by atoms with Gasteiger partial charge in [0.2, 0.25) is 0 Å². The normalized spacial score (nSPS) is 9.92. The molecule has 0 unspecified atom stereocenters. The van der Waals surface area contributed by atoms with Gasteiger partial charge in [-0.25, -0.2) is 4.39 Å². The van der Waals surface area contributed by atoms with Gasteiger partial charge in [0, 0.05) is 0 Å². The third-order valence-electron chi connectivity index (χ3n) is 1.27. The van der Waals surface area contributed by atoms with E-state index in [9.17, 15) is 9.50 Å². The van der Waals surface area contributed by atoms with Gasteiger partial charge in [-0.3, -0.25) is 10.4 Å². The standard InChI is InChI=1S/C6H6FNO4/c7-5-4(9)2-1-3(6(5)10)8(11)12/h1-2,9-12H/p-1. The van der Waals surface area contributed by atoms with Crippen LogP contribution in [-0.4, -0.2) is 15.5 Å². The summed E-state index contributed by atoms with van der Waals surface area (Å²) >= 11 is 0. The average molecular weight is 174 g/mol. The van der Waals surface area contributed by atoms with Gasteiger partial charge in [0.15, 0.2) is 11.6 Å². The van der Waals surface area contributed by atoms with E-state index >= 15 is 0 Å². The molecular weight excluding hydrogens is 169 g/mol. The van der Waals surface area contributed by atoms with Crippen molar-refractivity contribution in [1.29, 1.82) is 0 Å². The topological polar surface area (TPSA) is 87.0 Å². The van der Waals surface area contributed by atoms with Crippen LogP contribution in [0.3, 0.4) is 0 Å². The highest BCUT2D eigenvalue weighted by atomic mass is 19.1. The fraction of sp³-hybridized carbons (Fsp3) is 0. The first-order valence-corrected chi connectivity index (χ1v) is 2.90. The second-order valence-corrected chi connectivity index (χ2v) is 2.04. The van der Waals surface area contributed by atoms with Crippen LogP contribution in [0.15, 0.2) is 12.1 Å². The molecule has 6 heteroatoms. The smallest absolute Gasteiger partial charge is 0.159 e. The van der Waals surface area contributed by atoms with E-state index in [2.05, 4.69) is 0 Å². The van der Waals surface area contributed by atoms with Gasteiger partial charge in [-0.2, -0.15) is 0 Å². The summed E-state index contributed by atoms with van der Waals surface area (Å²) in [6, 6.07) is 1.71. The van der Waals surface area contributed by atoms with Crippen LogP contribution in [0.5, 0.6) is 11.5 Å². The Kier molecular flexibility index (Phi) is 2.03. The number of aromatic hydroxyl groups is 1. The molecule has 1 aromatic rings. The summed E-state index contributed by atoms with van der Waals surface area (Å²) in [6.45, 7) is 0. The molecule has 0 heterocycles. The fourth-order valence-electron chi connectivity index (χ4n) is 0.693. The van der Waals surface area contributed by atoms with Crippen molar-refractivity contribution in [3.05, 3.63) is 17.9 Å². The molecule has 66 valence electrons. The van der Waals surface area contributed by atoms with Crippen LogP contribution >= 0.6 is 0 Å². The van der Waals surface area contributed by atoms with Gasteiger partial charge in [0.05, 0.1) is 5.69 Å². The van der Waals surface area contributed by atoms with Gasteiger partial charge in [0.25, 0.3) is 0 Å². The maximum atomic E-state index is 12.5. The number of phenols is 1. The lowest BCUT2D eigenvalue weighted by Gasteiger charge is -2.17. The molecule has 0 fully saturated rings. The van der Waals surface area contributed by atoms with E-state index in [-0.39, 0.29) is 0 Å². The Morgan fingerprint density at radius 2 is 1.92 bits per heavy atom. The number of nitrogens with zero attached hydrogens (tertiary/aromatic N) is 1. The second kappa shape index (κ2) is 2.84. The molecule has 1 rings (SSSR count). The largest absolute Gasteiger partial charge is 0.869 e. The number of phenolic OH excluding ortho intramolecular Hbond substituents is 1.